The number of hydrogen-bond acceptors (Lipinski definition) is 2. The molecule has 1 amide bonds. The fourth-order valence-electron chi connectivity index (χ4n) is 3.43. The molecule has 0 spiro atoms. The van der Waals surface area contributed by atoms with Crippen LogP contribution < -0.4 is 0 Å². The minimum absolute atomic E-state index is 0.166. The highest BCUT2D eigenvalue weighted by molar-refractivity contribution is 9.11. The number of hydrogen-bond donors (Lipinski definition) is 0. The number of halogens is 1. The lowest BCUT2D eigenvalue weighted by molar-refractivity contribution is 0.0783. The van der Waals surface area contributed by atoms with Crippen molar-refractivity contribution in [3.8, 4) is 0 Å². The molecule has 0 bridgehead atoms. The maximum Gasteiger partial charge on any atom is 0.270 e. The molecule has 5 heteroatoms. The SMILES string of the molecule is Cc1cccc(Cn2c(C(=O)N3CCCC3)cc3sc(Br)cc32)c1. The smallest absolute Gasteiger partial charge is 0.270 e. The molecule has 1 aliphatic heterocycles. The summed E-state index contributed by atoms with van der Waals surface area (Å²) in [4.78, 5) is 15.0. The molecule has 3 aromatic rings. The van der Waals surface area contributed by atoms with Crippen LogP contribution in [0.4, 0.5) is 0 Å². The van der Waals surface area contributed by atoms with E-state index in [4.69, 9.17) is 0 Å². The second kappa shape index (κ2) is 6.37. The molecule has 0 saturated carbocycles. The number of amides is 1. The summed E-state index contributed by atoms with van der Waals surface area (Å²) in [5.41, 5.74) is 4.42. The third-order valence-electron chi connectivity index (χ3n) is 4.60. The molecule has 3 heterocycles. The molecule has 0 aliphatic carbocycles. The molecule has 1 fully saturated rings. The van der Waals surface area contributed by atoms with E-state index in [9.17, 15) is 4.79 Å². The van der Waals surface area contributed by atoms with Gasteiger partial charge in [0.1, 0.15) is 5.69 Å². The number of likely N-dealkylation sites (tertiary alicyclic amines) is 1. The summed E-state index contributed by atoms with van der Waals surface area (Å²) in [7, 11) is 0. The van der Waals surface area contributed by atoms with Crippen molar-refractivity contribution in [2.24, 2.45) is 0 Å². The molecular weight excluding hydrogens is 384 g/mol. The number of nitrogens with zero attached hydrogens (tertiary/aromatic N) is 2. The Morgan fingerprint density at radius 2 is 2.00 bits per heavy atom. The number of fused-ring (bicyclic) bond motifs is 1. The summed E-state index contributed by atoms with van der Waals surface area (Å²) >= 11 is 5.26. The Balaban J connectivity index is 1.78. The van der Waals surface area contributed by atoms with E-state index in [1.165, 1.54) is 11.1 Å². The van der Waals surface area contributed by atoms with Crippen LogP contribution in [0.3, 0.4) is 0 Å². The number of aromatic nitrogens is 1. The Kier molecular flexibility index (Phi) is 4.22. The maximum atomic E-state index is 13.0. The molecule has 0 unspecified atom stereocenters. The Morgan fingerprint density at radius 3 is 2.75 bits per heavy atom. The van der Waals surface area contributed by atoms with Crippen molar-refractivity contribution >= 4 is 43.4 Å². The van der Waals surface area contributed by atoms with Crippen molar-refractivity contribution < 1.29 is 4.79 Å². The quantitative estimate of drug-likeness (QED) is 0.600. The van der Waals surface area contributed by atoms with E-state index in [0.29, 0.717) is 0 Å². The first-order valence-electron chi connectivity index (χ1n) is 8.25. The molecule has 1 saturated heterocycles. The highest BCUT2D eigenvalue weighted by Crippen LogP contribution is 2.33. The lowest BCUT2D eigenvalue weighted by Gasteiger charge is -2.17. The molecule has 0 atom stereocenters. The zero-order valence-corrected chi connectivity index (χ0v) is 16.0. The van der Waals surface area contributed by atoms with Gasteiger partial charge in [0.2, 0.25) is 0 Å². The Bertz CT molecular complexity index is 905. The standard InChI is InChI=1S/C19H19BrN2OS/c1-13-5-4-6-14(9-13)12-22-15-11-18(20)24-17(15)10-16(22)19(23)21-7-2-3-8-21/h4-6,9-11H,2-3,7-8,12H2,1H3. The molecule has 3 nitrogen and oxygen atoms in total. The summed E-state index contributed by atoms with van der Waals surface area (Å²) in [5, 5.41) is 0. The number of carbonyl (C=O) groups excluding carboxylic acids is 1. The van der Waals surface area contributed by atoms with Gasteiger partial charge < -0.3 is 9.47 Å². The molecule has 0 radical (unpaired) electrons. The first kappa shape index (κ1) is 15.9. The zero-order chi connectivity index (χ0) is 16.7. The molecule has 1 aromatic carbocycles. The molecule has 1 aliphatic rings. The van der Waals surface area contributed by atoms with Crippen LogP contribution in [-0.2, 0) is 6.54 Å². The normalized spacial score (nSPS) is 14.7. The highest BCUT2D eigenvalue weighted by Gasteiger charge is 2.24. The van der Waals surface area contributed by atoms with E-state index >= 15 is 0 Å². The van der Waals surface area contributed by atoms with Gasteiger partial charge in [-0.3, -0.25) is 4.79 Å². The lowest BCUT2D eigenvalue weighted by Crippen LogP contribution is -2.29. The third-order valence-corrected chi connectivity index (χ3v) is 6.17. The predicted octanol–water partition coefficient (Wildman–Crippen LogP) is 5.06. The number of aryl methyl sites for hydroxylation is 1. The summed E-state index contributed by atoms with van der Waals surface area (Å²) < 4.78 is 4.44. The summed E-state index contributed by atoms with van der Waals surface area (Å²) in [6, 6.07) is 12.7. The zero-order valence-electron chi connectivity index (χ0n) is 13.6. The van der Waals surface area contributed by atoms with Gasteiger partial charge in [-0.15, -0.1) is 11.3 Å². The van der Waals surface area contributed by atoms with Crippen molar-refractivity contribution in [2.45, 2.75) is 26.3 Å². The Morgan fingerprint density at radius 1 is 1.21 bits per heavy atom. The van der Waals surface area contributed by atoms with Crippen LogP contribution in [0.5, 0.6) is 0 Å². The van der Waals surface area contributed by atoms with Gasteiger partial charge in [0.05, 0.1) is 14.0 Å². The Labute approximate surface area is 154 Å². The average molecular weight is 403 g/mol. The van der Waals surface area contributed by atoms with E-state index in [0.717, 1.165) is 52.2 Å². The third kappa shape index (κ3) is 2.91. The topological polar surface area (TPSA) is 25.2 Å². The van der Waals surface area contributed by atoms with Gasteiger partial charge in [-0.25, -0.2) is 0 Å². The van der Waals surface area contributed by atoms with E-state index in [-0.39, 0.29) is 5.91 Å². The Hall–Kier alpha value is -1.59. The molecular formula is C19H19BrN2OS. The van der Waals surface area contributed by atoms with Crippen LogP contribution >= 0.6 is 27.3 Å². The summed E-state index contributed by atoms with van der Waals surface area (Å²) in [6.45, 7) is 4.59. The van der Waals surface area contributed by atoms with Gasteiger partial charge in [-0.2, -0.15) is 0 Å². The van der Waals surface area contributed by atoms with E-state index in [1.807, 2.05) is 4.90 Å². The van der Waals surface area contributed by atoms with Crippen LogP contribution in [0.25, 0.3) is 10.2 Å². The van der Waals surface area contributed by atoms with Crippen molar-refractivity contribution in [3.63, 3.8) is 0 Å². The average Bonchev–Trinajstić information content (AvgIpc) is 3.25. The summed E-state index contributed by atoms with van der Waals surface area (Å²) in [5.74, 6) is 0.166. The lowest BCUT2D eigenvalue weighted by atomic mass is 10.1. The fourth-order valence-corrected chi connectivity index (χ4v) is 5.00. The van der Waals surface area contributed by atoms with Crippen LogP contribution in [0, 0.1) is 6.92 Å². The second-order valence-electron chi connectivity index (χ2n) is 6.40. The van der Waals surface area contributed by atoms with Gasteiger partial charge in [-0.1, -0.05) is 29.8 Å². The van der Waals surface area contributed by atoms with Crippen molar-refractivity contribution in [1.29, 1.82) is 0 Å². The van der Waals surface area contributed by atoms with Crippen molar-refractivity contribution in [2.75, 3.05) is 13.1 Å². The highest BCUT2D eigenvalue weighted by atomic mass is 79.9. The molecule has 124 valence electrons. The summed E-state index contributed by atoms with van der Waals surface area (Å²) in [6.07, 6.45) is 2.23. The van der Waals surface area contributed by atoms with Gasteiger partial charge in [0.25, 0.3) is 5.91 Å². The van der Waals surface area contributed by atoms with Crippen LogP contribution in [0.15, 0.2) is 40.2 Å². The first-order chi connectivity index (χ1) is 11.6. The monoisotopic (exact) mass is 402 g/mol. The number of carbonyl (C=O) groups is 1. The largest absolute Gasteiger partial charge is 0.337 e. The fraction of sp³-hybridized carbons (Fsp3) is 0.316. The van der Waals surface area contributed by atoms with Gasteiger partial charge >= 0.3 is 0 Å². The van der Waals surface area contributed by atoms with Crippen LogP contribution in [-0.4, -0.2) is 28.5 Å². The molecule has 2 aromatic heterocycles. The first-order valence-corrected chi connectivity index (χ1v) is 9.86. The minimum atomic E-state index is 0.166. The molecule has 4 rings (SSSR count). The molecule has 24 heavy (non-hydrogen) atoms. The van der Waals surface area contributed by atoms with Crippen LogP contribution in [0.1, 0.15) is 34.5 Å². The molecule has 0 N–H and O–H groups in total. The van der Waals surface area contributed by atoms with E-state index in [2.05, 4.69) is 63.8 Å². The number of benzene rings is 1. The van der Waals surface area contributed by atoms with E-state index in [1.54, 1.807) is 11.3 Å². The second-order valence-corrected chi connectivity index (χ2v) is 8.87. The van der Waals surface area contributed by atoms with Gasteiger partial charge in [0.15, 0.2) is 0 Å². The maximum absolute atomic E-state index is 13.0. The van der Waals surface area contributed by atoms with Crippen molar-refractivity contribution in [1.82, 2.24) is 9.47 Å². The number of thiophene rings is 1. The van der Waals surface area contributed by atoms with E-state index < -0.39 is 0 Å². The van der Waals surface area contributed by atoms with Crippen LogP contribution in [0.2, 0.25) is 0 Å². The van der Waals surface area contributed by atoms with Crippen molar-refractivity contribution in [3.05, 3.63) is 57.0 Å². The van der Waals surface area contributed by atoms with Gasteiger partial charge in [0, 0.05) is 19.6 Å². The minimum Gasteiger partial charge on any atom is -0.337 e. The van der Waals surface area contributed by atoms with Gasteiger partial charge in [-0.05, 0) is 53.4 Å². The number of rotatable bonds is 3. The predicted molar refractivity (Wildman–Crippen MR) is 103 cm³/mol.